The van der Waals surface area contributed by atoms with Crippen molar-refractivity contribution in [3.63, 3.8) is 0 Å². The molecule has 2 heterocycles. The number of carbonyl (C=O) groups excluding carboxylic acids is 2. The zero-order valence-electron chi connectivity index (χ0n) is 12.1. The zero-order chi connectivity index (χ0) is 14.5. The molecule has 2 rings (SSSR count). The quantitative estimate of drug-likeness (QED) is 0.728. The molecule has 2 fully saturated rings. The van der Waals surface area contributed by atoms with Crippen molar-refractivity contribution >= 4 is 11.8 Å². The number of likely N-dealkylation sites (tertiary alicyclic amines) is 2. The number of primary amides is 1. The van der Waals surface area contributed by atoms with Gasteiger partial charge in [-0.1, -0.05) is 6.42 Å². The monoisotopic (exact) mass is 282 g/mol. The Morgan fingerprint density at radius 2 is 1.90 bits per heavy atom. The van der Waals surface area contributed by atoms with Gasteiger partial charge >= 0.3 is 0 Å². The lowest BCUT2D eigenvalue weighted by Crippen LogP contribution is -2.51. The van der Waals surface area contributed by atoms with Gasteiger partial charge in [0.1, 0.15) is 0 Å². The van der Waals surface area contributed by atoms with Crippen LogP contribution in [-0.4, -0.2) is 60.4 Å². The lowest BCUT2D eigenvalue weighted by molar-refractivity contribution is -0.136. The van der Waals surface area contributed by atoms with Gasteiger partial charge < -0.3 is 16.4 Å². The van der Waals surface area contributed by atoms with E-state index < -0.39 is 0 Å². The number of carbonyl (C=O) groups is 2. The molecule has 0 radical (unpaired) electrons. The van der Waals surface area contributed by atoms with E-state index in [0.717, 1.165) is 38.8 Å². The Hall–Kier alpha value is -1.14. The van der Waals surface area contributed by atoms with Crippen LogP contribution in [0.1, 0.15) is 32.1 Å². The maximum Gasteiger partial charge on any atom is 0.236 e. The summed E-state index contributed by atoms with van der Waals surface area (Å²) in [7, 11) is 0. The van der Waals surface area contributed by atoms with E-state index in [-0.39, 0.29) is 17.7 Å². The molecule has 0 bridgehead atoms. The van der Waals surface area contributed by atoms with Crippen LogP contribution in [0.2, 0.25) is 0 Å². The van der Waals surface area contributed by atoms with E-state index >= 15 is 0 Å². The van der Waals surface area contributed by atoms with Gasteiger partial charge in [-0.2, -0.15) is 0 Å². The minimum atomic E-state index is -0.291. The van der Waals surface area contributed by atoms with Crippen LogP contribution < -0.4 is 11.5 Å². The van der Waals surface area contributed by atoms with E-state index in [9.17, 15) is 9.59 Å². The highest BCUT2D eigenvalue weighted by Crippen LogP contribution is 2.19. The summed E-state index contributed by atoms with van der Waals surface area (Å²) < 4.78 is 0. The average molecular weight is 282 g/mol. The first-order chi connectivity index (χ1) is 9.61. The number of nitrogens with zero attached hydrogens (tertiary/aromatic N) is 2. The molecular weight excluding hydrogens is 256 g/mol. The molecule has 0 spiro atoms. The first-order valence-corrected chi connectivity index (χ1v) is 7.63. The second-order valence-electron chi connectivity index (χ2n) is 5.94. The van der Waals surface area contributed by atoms with Crippen molar-refractivity contribution in [1.82, 2.24) is 9.80 Å². The molecule has 0 aromatic rings. The summed E-state index contributed by atoms with van der Waals surface area (Å²) >= 11 is 0. The topological polar surface area (TPSA) is 92.7 Å². The molecule has 2 saturated heterocycles. The Morgan fingerprint density at radius 1 is 1.10 bits per heavy atom. The van der Waals surface area contributed by atoms with Crippen molar-refractivity contribution in [2.24, 2.45) is 17.4 Å². The lowest BCUT2D eigenvalue weighted by atomic mass is 9.97. The third kappa shape index (κ3) is 3.70. The molecule has 0 saturated carbocycles. The van der Waals surface area contributed by atoms with Gasteiger partial charge in [0.15, 0.2) is 0 Å². The van der Waals surface area contributed by atoms with E-state index in [1.165, 1.54) is 6.42 Å². The number of nitrogens with two attached hydrogens (primary N) is 2. The minimum absolute atomic E-state index is 0.108. The summed E-state index contributed by atoms with van der Waals surface area (Å²) in [4.78, 5) is 27.6. The Labute approximate surface area is 120 Å². The van der Waals surface area contributed by atoms with Crippen molar-refractivity contribution < 1.29 is 9.59 Å². The summed E-state index contributed by atoms with van der Waals surface area (Å²) in [5.74, 6) is -0.365. The van der Waals surface area contributed by atoms with E-state index in [4.69, 9.17) is 11.5 Å². The molecule has 0 aliphatic carbocycles. The maximum atomic E-state index is 12.4. The molecule has 2 unspecified atom stereocenters. The van der Waals surface area contributed by atoms with Gasteiger partial charge in [0.2, 0.25) is 11.8 Å². The van der Waals surface area contributed by atoms with Crippen LogP contribution in [0.25, 0.3) is 0 Å². The highest BCUT2D eigenvalue weighted by Gasteiger charge is 2.29. The van der Waals surface area contributed by atoms with Crippen molar-refractivity contribution in [1.29, 1.82) is 0 Å². The van der Waals surface area contributed by atoms with Crippen molar-refractivity contribution in [2.45, 2.75) is 38.1 Å². The van der Waals surface area contributed by atoms with E-state index in [2.05, 4.69) is 4.90 Å². The van der Waals surface area contributed by atoms with E-state index in [1.807, 2.05) is 0 Å². The fraction of sp³-hybridized carbons (Fsp3) is 0.857. The average Bonchev–Trinajstić information content (AvgIpc) is 2.48. The summed E-state index contributed by atoms with van der Waals surface area (Å²) in [6, 6.07) is 0.324. The van der Waals surface area contributed by atoms with Gasteiger partial charge in [0.25, 0.3) is 0 Å². The molecule has 0 aromatic carbocycles. The minimum Gasteiger partial charge on any atom is -0.369 e. The summed E-state index contributed by atoms with van der Waals surface area (Å²) in [5.41, 5.74) is 11.1. The van der Waals surface area contributed by atoms with Gasteiger partial charge in [0, 0.05) is 25.7 Å². The highest BCUT2D eigenvalue weighted by molar-refractivity contribution is 5.81. The Kier molecular flexibility index (Phi) is 5.37. The first kappa shape index (κ1) is 15.3. The molecule has 2 aliphatic heterocycles. The summed E-state index contributed by atoms with van der Waals surface area (Å²) in [6.07, 6.45) is 5.06. The second-order valence-corrected chi connectivity index (χ2v) is 5.94. The lowest BCUT2D eigenvalue weighted by Gasteiger charge is -2.37. The number of hydrogen-bond acceptors (Lipinski definition) is 4. The summed E-state index contributed by atoms with van der Waals surface area (Å²) in [5, 5.41) is 0. The van der Waals surface area contributed by atoms with Crippen LogP contribution >= 0.6 is 0 Å². The van der Waals surface area contributed by atoms with Crippen LogP contribution in [-0.2, 0) is 9.59 Å². The molecule has 0 aromatic heterocycles. The van der Waals surface area contributed by atoms with Gasteiger partial charge in [0.05, 0.1) is 12.5 Å². The Balaban J connectivity index is 1.88. The molecule has 2 amide bonds. The largest absolute Gasteiger partial charge is 0.369 e. The number of piperidine rings is 2. The predicted molar refractivity (Wildman–Crippen MR) is 76.8 cm³/mol. The molecule has 6 heteroatoms. The van der Waals surface area contributed by atoms with Gasteiger partial charge in [-0.3, -0.25) is 14.5 Å². The van der Waals surface area contributed by atoms with Crippen LogP contribution in [0.4, 0.5) is 0 Å². The second kappa shape index (κ2) is 7.04. The standard InChI is InChI=1S/C14H26N4O2/c15-8-12-5-1-2-6-17(12)10-13(19)18-7-3-4-11(9-18)14(16)20/h11-12H,1-10,15H2,(H2,16,20). The third-order valence-electron chi connectivity index (χ3n) is 4.54. The predicted octanol–water partition coefficient (Wildman–Crippen LogP) is -0.476. The van der Waals surface area contributed by atoms with Crippen molar-refractivity contribution in [3.8, 4) is 0 Å². The Morgan fingerprint density at radius 3 is 2.60 bits per heavy atom. The molecule has 2 aliphatic rings. The molecule has 20 heavy (non-hydrogen) atoms. The molecular formula is C14H26N4O2. The van der Waals surface area contributed by atoms with Gasteiger partial charge in [-0.15, -0.1) is 0 Å². The number of rotatable bonds is 4. The Bertz CT molecular complexity index is 361. The van der Waals surface area contributed by atoms with Crippen LogP contribution in [0.5, 0.6) is 0 Å². The van der Waals surface area contributed by atoms with Crippen LogP contribution in [0, 0.1) is 5.92 Å². The molecule has 4 N–H and O–H groups in total. The smallest absolute Gasteiger partial charge is 0.236 e. The maximum absolute atomic E-state index is 12.4. The van der Waals surface area contributed by atoms with Crippen LogP contribution in [0.15, 0.2) is 0 Å². The van der Waals surface area contributed by atoms with Gasteiger partial charge in [-0.05, 0) is 32.2 Å². The molecule has 2 atom stereocenters. The van der Waals surface area contributed by atoms with E-state index in [1.54, 1.807) is 4.90 Å². The number of amides is 2. The molecule has 114 valence electrons. The van der Waals surface area contributed by atoms with Gasteiger partial charge in [-0.25, -0.2) is 0 Å². The summed E-state index contributed by atoms with van der Waals surface area (Å²) in [6.45, 7) is 3.20. The van der Waals surface area contributed by atoms with Crippen LogP contribution in [0.3, 0.4) is 0 Å². The third-order valence-corrected chi connectivity index (χ3v) is 4.54. The fourth-order valence-corrected chi connectivity index (χ4v) is 3.24. The normalized spacial score (nSPS) is 28.4. The first-order valence-electron chi connectivity index (χ1n) is 7.63. The van der Waals surface area contributed by atoms with Crippen molar-refractivity contribution in [2.75, 3.05) is 32.7 Å². The SMILES string of the molecule is NCC1CCCCN1CC(=O)N1CCCC(C(N)=O)C1. The molecule has 6 nitrogen and oxygen atoms in total. The highest BCUT2D eigenvalue weighted by atomic mass is 16.2. The van der Waals surface area contributed by atoms with E-state index in [0.29, 0.717) is 25.7 Å². The fourth-order valence-electron chi connectivity index (χ4n) is 3.24. The van der Waals surface area contributed by atoms with Crippen molar-refractivity contribution in [3.05, 3.63) is 0 Å². The zero-order valence-corrected chi connectivity index (χ0v) is 12.1. The number of hydrogen-bond donors (Lipinski definition) is 2.